The Bertz CT molecular complexity index is 554. The Morgan fingerprint density at radius 1 is 1.30 bits per heavy atom. The van der Waals surface area contributed by atoms with E-state index >= 15 is 0 Å². The van der Waals surface area contributed by atoms with E-state index < -0.39 is 0 Å². The normalized spacial score (nSPS) is 10.1. The summed E-state index contributed by atoms with van der Waals surface area (Å²) in [4.78, 5) is 22.1. The Morgan fingerprint density at radius 2 is 2.15 bits per heavy atom. The first-order valence-electron chi connectivity index (χ1n) is 6.60. The van der Waals surface area contributed by atoms with E-state index in [1.54, 1.807) is 42.7 Å². The summed E-state index contributed by atoms with van der Waals surface area (Å²) >= 11 is 0. The van der Waals surface area contributed by atoms with Crippen molar-refractivity contribution in [2.24, 2.45) is 0 Å². The molecule has 0 saturated carbocycles. The minimum absolute atomic E-state index is 0.104. The molecule has 0 fully saturated rings. The van der Waals surface area contributed by atoms with Crippen LogP contribution < -0.4 is 10.2 Å². The molecular formula is C15H18N4O. The number of nitrogens with zero attached hydrogens (tertiary/aromatic N) is 3. The molecule has 0 aliphatic carbocycles. The molecule has 1 N–H and O–H groups in total. The van der Waals surface area contributed by atoms with Crippen molar-refractivity contribution in [3.05, 3.63) is 48.4 Å². The van der Waals surface area contributed by atoms with Gasteiger partial charge in [-0.15, -0.1) is 0 Å². The predicted octanol–water partition coefficient (Wildman–Crippen LogP) is 2.58. The molecule has 2 heterocycles. The van der Waals surface area contributed by atoms with Gasteiger partial charge >= 0.3 is 0 Å². The van der Waals surface area contributed by atoms with Gasteiger partial charge in [0.15, 0.2) is 0 Å². The fourth-order valence-electron chi connectivity index (χ4n) is 1.74. The van der Waals surface area contributed by atoms with Gasteiger partial charge in [-0.1, -0.05) is 6.92 Å². The molecule has 0 spiro atoms. The zero-order valence-electron chi connectivity index (χ0n) is 11.7. The van der Waals surface area contributed by atoms with Crippen molar-refractivity contribution in [1.29, 1.82) is 0 Å². The third kappa shape index (κ3) is 3.32. The van der Waals surface area contributed by atoms with Crippen LogP contribution in [-0.2, 0) is 0 Å². The van der Waals surface area contributed by atoms with Crippen LogP contribution in [0, 0.1) is 0 Å². The predicted molar refractivity (Wildman–Crippen MR) is 80.0 cm³/mol. The van der Waals surface area contributed by atoms with E-state index in [2.05, 4.69) is 22.2 Å². The number of hydrogen-bond acceptors (Lipinski definition) is 4. The van der Waals surface area contributed by atoms with Crippen LogP contribution in [0.4, 0.5) is 11.5 Å². The smallest absolute Gasteiger partial charge is 0.259 e. The van der Waals surface area contributed by atoms with Gasteiger partial charge in [0.1, 0.15) is 5.82 Å². The third-order valence-electron chi connectivity index (χ3n) is 2.90. The van der Waals surface area contributed by atoms with Crippen molar-refractivity contribution in [2.75, 3.05) is 23.8 Å². The number of anilines is 2. The molecule has 5 nitrogen and oxygen atoms in total. The van der Waals surface area contributed by atoms with Gasteiger partial charge in [0, 0.05) is 26.0 Å². The Morgan fingerprint density at radius 3 is 2.75 bits per heavy atom. The average molecular weight is 270 g/mol. The molecule has 0 aliphatic rings. The maximum Gasteiger partial charge on any atom is 0.259 e. The zero-order chi connectivity index (χ0) is 14.4. The molecule has 0 saturated heterocycles. The molecule has 20 heavy (non-hydrogen) atoms. The molecule has 0 bridgehead atoms. The first kappa shape index (κ1) is 14.0. The highest BCUT2D eigenvalue weighted by Crippen LogP contribution is 2.14. The van der Waals surface area contributed by atoms with E-state index in [1.807, 2.05) is 12.1 Å². The average Bonchev–Trinajstić information content (AvgIpc) is 2.53. The largest absolute Gasteiger partial charge is 0.370 e. The molecule has 5 heteroatoms. The van der Waals surface area contributed by atoms with Crippen molar-refractivity contribution in [3.8, 4) is 0 Å². The molecule has 2 rings (SSSR count). The standard InChI is InChI=1S/C15H18N4O/c1-3-8-17-14-7-6-12(10-18-14)15(20)19(2)13-5-4-9-16-11-13/h4-7,9-11H,3,8H2,1-2H3,(H,17,18). The van der Waals surface area contributed by atoms with Crippen LogP contribution in [0.1, 0.15) is 23.7 Å². The highest BCUT2D eigenvalue weighted by Gasteiger charge is 2.13. The highest BCUT2D eigenvalue weighted by atomic mass is 16.2. The van der Waals surface area contributed by atoms with E-state index in [0.717, 1.165) is 24.5 Å². The molecule has 104 valence electrons. The molecule has 0 aliphatic heterocycles. The molecule has 0 unspecified atom stereocenters. The van der Waals surface area contributed by atoms with Crippen molar-refractivity contribution in [1.82, 2.24) is 9.97 Å². The summed E-state index contributed by atoms with van der Waals surface area (Å²) < 4.78 is 0. The van der Waals surface area contributed by atoms with Gasteiger partial charge in [0.2, 0.25) is 0 Å². The van der Waals surface area contributed by atoms with Crippen LogP contribution in [0.3, 0.4) is 0 Å². The Balaban J connectivity index is 2.09. The number of pyridine rings is 2. The van der Waals surface area contributed by atoms with Crippen LogP contribution in [0.5, 0.6) is 0 Å². The lowest BCUT2D eigenvalue weighted by Crippen LogP contribution is -2.26. The second-order valence-electron chi connectivity index (χ2n) is 4.43. The fourth-order valence-corrected chi connectivity index (χ4v) is 1.74. The van der Waals surface area contributed by atoms with E-state index in [1.165, 1.54) is 0 Å². The van der Waals surface area contributed by atoms with E-state index in [4.69, 9.17) is 0 Å². The maximum atomic E-state index is 12.3. The summed E-state index contributed by atoms with van der Waals surface area (Å²) in [6.07, 6.45) is 5.96. The summed E-state index contributed by atoms with van der Waals surface area (Å²) in [7, 11) is 1.72. The van der Waals surface area contributed by atoms with Gasteiger partial charge in [-0.3, -0.25) is 9.78 Å². The Kier molecular flexibility index (Phi) is 4.65. The number of amides is 1. The third-order valence-corrected chi connectivity index (χ3v) is 2.90. The molecule has 0 radical (unpaired) electrons. The van der Waals surface area contributed by atoms with E-state index in [0.29, 0.717) is 5.56 Å². The lowest BCUT2D eigenvalue weighted by atomic mass is 10.2. The molecule has 1 amide bonds. The van der Waals surface area contributed by atoms with Crippen LogP contribution in [0.15, 0.2) is 42.9 Å². The summed E-state index contributed by atoms with van der Waals surface area (Å²) in [6.45, 7) is 2.96. The van der Waals surface area contributed by atoms with Crippen LogP contribution in [0.25, 0.3) is 0 Å². The van der Waals surface area contributed by atoms with Crippen molar-refractivity contribution >= 4 is 17.4 Å². The van der Waals surface area contributed by atoms with Gasteiger partial charge in [0.25, 0.3) is 5.91 Å². The minimum atomic E-state index is -0.104. The second kappa shape index (κ2) is 6.65. The topological polar surface area (TPSA) is 58.1 Å². The second-order valence-corrected chi connectivity index (χ2v) is 4.43. The van der Waals surface area contributed by atoms with Crippen LogP contribution in [-0.4, -0.2) is 29.5 Å². The maximum absolute atomic E-state index is 12.3. The van der Waals surface area contributed by atoms with Crippen molar-refractivity contribution in [3.63, 3.8) is 0 Å². The molecular weight excluding hydrogens is 252 g/mol. The summed E-state index contributed by atoms with van der Waals surface area (Å²) in [5, 5.41) is 3.18. The van der Waals surface area contributed by atoms with Gasteiger partial charge in [-0.25, -0.2) is 4.98 Å². The van der Waals surface area contributed by atoms with Crippen LogP contribution in [0.2, 0.25) is 0 Å². The summed E-state index contributed by atoms with van der Waals surface area (Å²) in [5.41, 5.74) is 1.31. The summed E-state index contributed by atoms with van der Waals surface area (Å²) in [6, 6.07) is 7.24. The Hall–Kier alpha value is -2.43. The van der Waals surface area contributed by atoms with Crippen molar-refractivity contribution < 1.29 is 4.79 Å². The molecule has 0 atom stereocenters. The van der Waals surface area contributed by atoms with E-state index in [9.17, 15) is 4.79 Å². The fraction of sp³-hybridized carbons (Fsp3) is 0.267. The quantitative estimate of drug-likeness (QED) is 0.907. The first-order valence-corrected chi connectivity index (χ1v) is 6.60. The SMILES string of the molecule is CCCNc1ccc(C(=O)N(C)c2cccnc2)cn1. The number of carbonyl (C=O) groups is 1. The van der Waals surface area contributed by atoms with Gasteiger partial charge < -0.3 is 10.2 Å². The molecule has 2 aromatic heterocycles. The number of nitrogens with one attached hydrogen (secondary N) is 1. The van der Waals surface area contributed by atoms with Crippen LogP contribution >= 0.6 is 0 Å². The lowest BCUT2D eigenvalue weighted by molar-refractivity contribution is 0.0992. The number of rotatable bonds is 5. The van der Waals surface area contributed by atoms with Crippen molar-refractivity contribution in [2.45, 2.75) is 13.3 Å². The minimum Gasteiger partial charge on any atom is -0.370 e. The van der Waals surface area contributed by atoms with Gasteiger partial charge in [0.05, 0.1) is 17.4 Å². The zero-order valence-corrected chi connectivity index (χ0v) is 11.7. The number of carbonyl (C=O) groups excluding carboxylic acids is 1. The number of hydrogen-bond donors (Lipinski definition) is 1. The first-order chi connectivity index (χ1) is 9.72. The monoisotopic (exact) mass is 270 g/mol. The number of aromatic nitrogens is 2. The highest BCUT2D eigenvalue weighted by molar-refractivity contribution is 6.05. The van der Waals surface area contributed by atoms with Gasteiger partial charge in [-0.05, 0) is 30.7 Å². The summed E-state index contributed by atoms with van der Waals surface area (Å²) in [5.74, 6) is 0.681. The molecule has 0 aromatic carbocycles. The Labute approximate surface area is 118 Å². The van der Waals surface area contributed by atoms with Gasteiger partial charge in [-0.2, -0.15) is 0 Å². The lowest BCUT2D eigenvalue weighted by Gasteiger charge is -2.16. The van der Waals surface area contributed by atoms with E-state index in [-0.39, 0.29) is 5.91 Å². The molecule has 2 aromatic rings.